The van der Waals surface area contributed by atoms with E-state index >= 15 is 0 Å². The maximum absolute atomic E-state index is 13.6. The monoisotopic (exact) mass is 474 g/mol. The molecule has 35 heavy (non-hydrogen) atoms. The number of fused-ring (bicyclic) bond motifs is 1. The first-order chi connectivity index (χ1) is 17.1. The van der Waals surface area contributed by atoms with Crippen LogP contribution in [0, 0.1) is 0 Å². The molecule has 0 radical (unpaired) electrons. The van der Waals surface area contributed by atoms with E-state index in [1.807, 2.05) is 30.3 Å². The van der Waals surface area contributed by atoms with Crippen LogP contribution in [-0.4, -0.2) is 82.7 Å². The van der Waals surface area contributed by atoms with Gasteiger partial charge in [0.05, 0.1) is 11.3 Å². The standard InChI is InChI=1S/C28H34N4O3/c33-27-24-12-5-4-11-23(24)26(28(34)35)25(32(27)22-9-2-1-3-10-22)21-31-19-17-30(18-20-31)16-8-15-29-13-6-7-14-29/h1-5,9-12H,6-8,13-21H2,(H,34,35). The molecule has 2 aliphatic rings. The molecule has 0 atom stereocenters. The van der Waals surface area contributed by atoms with Crippen molar-refractivity contribution in [2.75, 3.05) is 52.4 Å². The number of likely N-dealkylation sites (tertiary alicyclic amines) is 1. The van der Waals surface area contributed by atoms with E-state index in [0.29, 0.717) is 28.7 Å². The highest BCUT2D eigenvalue weighted by molar-refractivity contribution is 6.04. The van der Waals surface area contributed by atoms with Crippen molar-refractivity contribution in [2.45, 2.75) is 25.8 Å². The van der Waals surface area contributed by atoms with Crippen molar-refractivity contribution >= 4 is 16.7 Å². The van der Waals surface area contributed by atoms with E-state index in [0.717, 1.165) is 32.7 Å². The van der Waals surface area contributed by atoms with Gasteiger partial charge in [0.25, 0.3) is 5.56 Å². The van der Waals surface area contributed by atoms with E-state index in [9.17, 15) is 14.7 Å². The summed E-state index contributed by atoms with van der Waals surface area (Å²) in [6, 6.07) is 16.4. The summed E-state index contributed by atoms with van der Waals surface area (Å²) < 4.78 is 1.61. The fraction of sp³-hybridized carbons (Fsp3) is 0.429. The van der Waals surface area contributed by atoms with E-state index < -0.39 is 5.97 Å². The minimum absolute atomic E-state index is 0.174. The zero-order chi connectivity index (χ0) is 24.2. The number of piperazine rings is 1. The molecule has 0 aliphatic carbocycles. The van der Waals surface area contributed by atoms with Gasteiger partial charge in [0, 0.05) is 49.2 Å². The highest BCUT2D eigenvalue weighted by Crippen LogP contribution is 2.24. The molecule has 0 amide bonds. The predicted molar refractivity (Wildman–Crippen MR) is 139 cm³/mol. The number of aromatic nitrogens is 1. The number of carboxylic acid groups (broad SMARTS) is 1. The quantitative estimate of drug-likeness (QED) is 0.540. The van der Waals surface area contributed by atoms with E-state index in [4.69, 9.17) is 0 Å². The third-order valence-corrected chi connectivity index (χ3v) is 7.40. The Morgan fingerprint density at radius 3 is 1.97 bits per heavy atom. The topological polar surface area (TPSA) is 69.0 Å². The summed E-state index contributed by atoms with van der Waals surface area (Å²) in [5.74, 6) is -0.999. The molecule has 0 spiro atoms. The van der Waals surface area contributed by atoms with Crippen molar-refractivity contribution in [2.24, 2.45) is 0 Å². The summed E-state index contributed by atoms with van der Waals surface area (Å²) >= 11 is 0. The van der Waals surface area contributed by atoms with Crippen molar-refractivity contribution in [1.82, 2.24) is 19.3 Å². The summed E-state index contributed by atoms with van der Waals surface area (Å²) in [5, 5.41) is 11.2. The van der Waals surface area contributed by atoms with E-state index in [2.05, 4.69) is 14.7 Å². The molecule has 2 saturated heterocycles. The lowest BCUT2D eigenvalue weighted by atomic mass is 10.0. The van der Waals surface area contributed by atoms with Gasteiger partial charge >= 0.3 is 5.97 Å². The molecule has 1 N–H and O–H groups in total. The minimum atomic E-state index is -0.999. The number of hydrogen-bond donors (Lipinski definition) is 1. The number of carbonyl (C=O) groups is 1. The Hall–Kier alpha value is -3.00. The second-order valence-electron chi connectivity index (χ2n) is 9.67. The third kappa shape index (κ3) is 5.17. The van der Waals surface area contributed by atoms with E-state index in [1.54, 1.807) is 28.8 Å². The van der Waals surface area contributed by atoms with Crippen LogP contribution in [0.2, 0.25) is 0 Å². The van der Waals surface area contributed by atoms with Gasteiger partial charge in [-0.3, -0.25) is 14.3 Å². The average Bonchev–Trinajstić information content (AvgIpc) is 3.39. The molecule has 2 fully saturated rings. The normalized spacial score (nSPS) is 17.8. The maximum Gasteiger partial charge on any atom is 0.338 e. The van der Waals surface area contributed by atoms with Crippen LogP contribution >= 0.6 is 0 Å². The Morgan fingerprint density at radius 2 is 1.31 bits per heavy atom. The van der Waals surface area contributed by atoms with Crippen LogP contribution in [0.4, 0.5) is 0 Å². The van der Waals surface area contributed by atoms with Crippen LogP contribution in [-0.2, 0) is 6.54 Å². The average molecular weight is 475 g/mol. The van der Waals surface area contributed by atoms with Gasteiger partial charge in [0.1, 0.15) is 0 Å². The lowest BCUT2D eigenvalue weighted by molar-refractivity contribution is 0.0693. The van der Waals surface area contributed by atoms with Crippen LogP contribution in [0.25, 0.3) is 16.5 Å². The Labute approximate surface area is 206 Å². The molecular weight excluding hydrogens is 440 g/mol. The van der Waals surface area contributed by atoms with Crippen LogP contribution in [0.5, 0.6) is 0 Å². The molecule has 3 heterocycles. The third-order valence-electron chi connectivity index (χ3n) is 7.40. The number of benzene rings is 2. The first-order valence-corrected chi connectivity index (χ1v) is 12.7. The number of nitrogens with zero attached hydrogens (tertiary/aromatic N) is 4. The highest BCUT2D eigenvalue weighted by atomic mass is 16.4. The molecule has 2 aromatic carbocycles. The molecule has 7 heteroatoms. The molecule has 0 saturated carbocycles. The van der Waals surface area contributed by atoms with E-state index in [-0.39, 0.29) is 11.1 Å². The molecule has 0 bridgehead atoms. The van der Waals surface area contributed by atoms with Crippen LogP contribution < -0.4 is 5.56 Å². The van der Waals surface area contributed by atoms with Gasteiger partial charge in [-0.25, -0.2) is 4.79 Å². The van der Waals surface area contributed by atoms with Crippen LogP contribution in [0.3, 0.4) is 0 Å². The molecule has 3 aromatic rings. The van der Waals surface area contributed by atoms with Gasteiger partial charge in [-0.05, 0) is 63.6 Å². The zero-order valence-corrected chi connectivity index (χ0v) is 20.2. The number of aromatic carboxylic acids is 1. The first-order valence-electron chi connectivity index (χ1n) is 12.7. The molecule has 1 aromatic heterocycles. The SMILES string of the molecule is O=C(O)c1c(CN2CCN(CCCN3CCCC3)CC2)n(-c2ccccc2)c(=O)c2ccccc12. The zero-order valence-electron chi connectivity index (χ0n) is 20.2. The molecule has 5 rings (SSSR count). The van der Waals surface area contributed by atoms with E-state index in [1.165, 1.54) is 38.9 Å². The van der Waals surface area contributed by atoms with Gasteiger partial charge in [0.15, 0.2) is 0 Å². The van der Waals surface area contributed by atoms with Crippen LogP contribution in [0.15, 0.2) is 59.4 Å². The number of pyridine rings is 1. The maximum atomic E-state index is 13.6. The molecule has 7 nitrogen and oxygen atoms in total. The minimum Gasteiger partial charge on any atom is -0.478 e. The molecule has 2 aliphatic heterocycles. The summed E-state index contributed by atoms with van der Waals surface area (Å²) in [6.07, 6.45) is 3.86. The molecular formula is C28H34N4O3. The fourth-order valence-corrected chi connectivity index (χ4v) is 5.54. The lowest BCUT2D eigenvalue weighted by Crippen LogP contribution is -2.47. The second-order valence-corrected chi connectivity index (χ2v) is 9.67. The molecule has 0 unspecified atom stereocenters. The second kappa shape index (κ2) is 10.7. The summed E-state index contributed by atoms with van der Waals surface area (Å²) in [5.41, 5.74) is 1.29. The smallest absolute Gasteiger partial charge is 0.338 e. The van der Waals surface area contributed by atoms with Gasteiger partial charge in [0.2, 0.25) is 0 Å². The van der Waals surface area contributed by atoms with Crippen molar-refractivity contribution in [3.8, 4) is 5.69 Å². The lowest BCUT2D eigenvalue weighted by Gasteiger charge is -2.35. The van der Waals surface area contributed by atoms with Crippen LogP contribution in [0.1, 0.15) is 35.3 Å². The van der Waals surface area contributed by atoms with Gasteiger partial charge < -0.3 is 14.9 Å². The Morgan fingerprint density at radius 1 is 0.743 bits per heavy atom. The Bertz CT molecular complexity index is 1230. The fourth-order valence-electron chi connectivity index (χ4n) is 5.54. The van der Waals surface area contributed by atoms with Crippen molar-refractivity contribution in [1.29, 1.82) is 0 Å². The van der Waals surface area contributed by atoms with Gasteiger partial charge in [-0.15, -0.1) is 0 Å². The summed E-state index contributed by atoms with van der Waals surface area (Å²) in [6.45, 7) is 8.85. The van der Waals surface area contributed by atoms with Crippen molar-refractivity contribution in [3.05, 3.63) is 76.2 Å². The van der Waals surface area contributed by atoms with Crippen molar-refractivity contribution < 1.29 is 9.90 Å². The Balaban J connectivity index is 1.38. The summed E-state index contributed by atoms with van der Waals surface area (Å²) in [7, 11) is 0. The molecule has 184 valence electrons. The number of para-hydroxylation sites is 1. The highest BCUT2D eigenvalue weighted by Gasteiger charge is 2.25. The number of carboxylic acids is 1. The largest absolute Gasteiger partial charge is 0.478 e. The van der Waals surface area contributed by atoms with Crippen molar-refractivity contribution in [3.63, 3.8) is 0 Å². The van der Waals surface area contributed by atoms with Gasteiger partial charge in [-0.2, -0.15) is 0 Å². The van der Waals surface area contributed by atoms with Gasteiger partial charge in [-0.1, -0.05) is 36.4 Å². The summed E-state index contributed by atoms with van der Waals surface area (Å²) in [4.78, 5) is 33.4. The predicted octanol–water partition coefficient (Wildman–Crippen LogP) is 3.29. The first kappa shape index (κ1) is 23.7. The Kier molecular flexibility index (Phi) is 7.27. The number of rotatable bonds is 8. The number of hydrogen-bond acceptors (Lipinski definition) is 5.